The van der Waals surface area contributed by atoms with Crippen LogP contribution in [0, 0.1) is 23.6 Å². The van der Waals surface area contributed by atoms with Crippen LogP contribution in [0.2, 0.25) is 0 Å². The van der Waals surface area contributed by atoms with E-state index in [4.69, 9.17) is 0 Å². The lowest BCUT2D eigenvalue weighted by molar-refractivity contribution is -0.131. The summed E-state index contributed by atoms with van der Waals surface area (Å²) in [5.74, 6) is -2.33. The van der Waals surface area contributed by atoms with Crippen LogP contribution >= 0.6 is 0 Å². The van der Waals surface area contributed by atoms with Gasteiger partial charge in [0.25, 0.3) is 5.91 Å². The maximum atomic E-state index is 15.2. The summed E-state index contributed by atoms with van der Waals surface area (Å²) in [5, 5.41) is 9.81. The second-order valence-electron chi connectivity index (χ2n) is 11.7. The third kappa shape index (κ3) is 5.88. The molecule has 220 valence electrons. The Balaban J connectivity index is 0.00000242. The number of likely N-dealkylation sites (tertiary alicyclic amines) is 1. The number of hydrogen-bond donors (Lipinski definition) is 2. The molecule has 2 heterocycles. The first-order valence-corrected chi connectivity index (χ1v) is 14.1. The lowest BCUT2D eigenvalue weighted by Gasteiger charge is -2.28. The topological polar surface area (TPSA) is 96.3 Å². The Morgan fingerprint density at radius 3 is 2.17 bits per heavy atom. The first-order chi connectivity index (χ1) is 19.0. The van der Waals surface area contributed by atoms with Gasteiger partial charge in [0.2, 0.25) is 11.8 Å². The zero-order chi connectivity index (χ0) is 28.7. The van der Waals surface area contributed by atoms with Crippen molar-refractivity contribution in [1.29, 1.82) is 0 Å². The molecule has 11 heteroatoms. The van der Waals surface area contributed by atoms with Crippen LogP contribution in [-0.4, -0.2) is 63.9 Å². The molecule has 2 N–H and O–H groups in total. The molecule has 3 fully saturated rings. The predicted molar refractivity (Wildman–Crippen MR) is 147 cm³/mol. The minimum Gasteiger partial charge on any atom is -0.339 e. The molecular weight excluding hydrogens is 523 g/mol. The van der Waals surface area contributed by atoms with Crippen LogP contribution in [0.5, 0.6) is 0 Å². The first kappa shape index (κ1) is 28.2. The maximum Gasteiger partial charge on any atom is 0.270 e. The number of halogens is 3. The van der Waals surface area contributed by atoms with Crippen LogP contribution in [0.1, 0.15) is 77.3 Å². The summed E-state index contributed by atoms with van der Waals surface area (Å²) >= 11 is 0. The quantitative estimate of drug-likeness (QED) is 0.430. The Hall–Kier alpha value is -3.37. The van der Waals surface area contributed by atoms with Crippen molar-refractivity contribution < 1.29 is 30.4 Å². The van der Waals surface area contributed by atoms with Gasteiger partial charge in [0.15, 0.2) is 12.3 Å². The number of hydrogen-bond acceptors (Lipinski definition) is 4. The summed E-state index contributed by atoms with van der Waals surface area (Å²) in [4.78, 5) is 40.7. The Bertz CT molecular complexity index is 1260. The number of anilines is 1. The lowest BCUT2D eigenvalue weighted by Crippen LogP contribution is -2.50. The molecule has 2 aliphatic carbocycles. The molecular formula is C29H40F3N5O3. The molecule has 4 atom stereocenters. The van der Waals surface area contributed by atoms with E-state index in [1.54, 1.807) is 23.9 Å². The molecule has 1 aliphatic heterocycles. The third-order valence-corrected chi connectivity index (χ3v) is 8.29. The van der Waals surface area contributed by atoms with E-state index in [-0.39, 0.29) is 33.6 Å². The number of carbonyl (C=O) groups is 3. The number of carbonyl (C=O) groups excluding carboxylic acids is 3. The summed E-state index contributed by atoms with van der Waals surface area (Å²) in [5.41, 5.74) is 0.612. The van der Waals surface area contributed by atoms with Crippen LogP contribution in [0.15, 0.2) is 30.5 Å². The van der Waals surface area contributed by atoms with Gasteiger partial charge in [0.05, 0.1) is 24.7 Å². The first-order valence-electron chi connectivity index (χ1n) is 14.1. The van der Waals surface area contributed by atoms with Gasteiger partial charge in [-0.1, -0.05) is 6.07 Å². The van der Waals surface area contributed by atoms with E-state index in [0.717, 1.165) is 36.6 Å². The van der Waals surface area contributed by atoms with Gasteiger partial charge in [-0.05, 0) is 88.0 Å². The largest absolute Gasteiger partial charge is 0.339 e. The van der Waals surface area contributed by atoms with Gasteiger partial charge in [-0.25, -0.2) is 13.2 Å². The molecule has 3 amide bonds. The van der Waals surface area contributed by atoms with Crippen LogP contribution < -0.4 is 10.6 Å². The minimum atomic E-state index is -1.72. The number of rotatable bonds is 10. The van der Waals surface area contributed by atoms with Gasteiger partial charge in [-0.3, -0.25) is 19.1 Å². The molecule has 1 aromatic carbocycles. The monoisotopic (exact) mass is 563 g/mol. The van der Waals surface area contributed by atoms with Crippen LogP contribution in [-0.2, 0) is 9.59 Å². The van der Waals surface area contributed by atoms with E-state index in [1.807, 2.05) is 13.8 Å². The molecule has 2 saturated carbocycles. The zero-order valence-corrected chi connectivity index (χ0v) is 22.9. The predicted octanol–water partition coefficient (Wildman–Crippen LogP) is 4.89. The summed E-state index contributed by atoms with van der Waals surface area (Å²) < 4.78 is 44.0. The number of amides is 3. The highest BCUT2D eigenvalue weighted by Gasteiger charge is 2.48. The van der Waals surface area contributed by atoms with Crippen molar-refractivity contribution in [3.63, 3.8) is 0 Å². The molecule has 1 aromatic heterocycles. The molecule has 0 radical (unpaired) electrons. The number of aromatic nitrogens is 2. The van der Waals surface area contributed by atoms with Gasteiger partial charge in [-0.2, -0.15) is 5.10 Å². The number of benzene rings is 1. The summed E-state index contributed by atoms with van der Waals surface area (Å²) in [6, 6.07) is 4.77. The molecule has 2 aromatic rings. The Labute approximate surface area is 234 Å². The van der Waals surface area contributed by atoms with Crippen molar-refractivity contribution in [2.24, 2.45) is 17.8 Å². The number of nitrogens with zero attached hydrogens (tertiary/aromatic N) is 3. The standard InChI is InChI=1S/C29H36F3N5O3.2H2/c1-15(2)37-24(10-11-33-37)27(38)35-26(25(17-4-5-17)18-6-7-18)28(39)34-23-9-8-19(12-20(23)30)16(3)29(40)36-13-21(31)22(32)14-36;;/h8-12,15-18,21-22,25-26H,4-7,13-14H2,1-3H3,(H,34,39)(H,35,38);2*1H/t16?,21-,22+,26-;;/m0../s1. The van der Waals surface area contributed by atoms with Crippen molar-refractivity contribution in [2.45, 2.75) is 76.8 Å². The Morgan fingerprint density at radius 1 is 1.00 bits per heavy atom. The molecule has 3 aliphatic rings. The Morgan fingerprint density at radius 2 is 1.62 bits per heavy atom. The van der Waals surface area contributed by atoms with Gasteiger partial charge < -0.3 is 15.5 Å². The minimum absolute atomic E-state index is 0. The van der Waals surface area contributed by atoms with Crippen molar-refractivity contribution in [1.82, 2.24) is 20.0 Å². The molecule has 8 nitrogen and oxygen atoms in total. The van der Waals surface area contributed by atoms with Gasteiger partial charge in [-0.15, -0.1) is 0 Å². The van der Waals surface area contributed by atoms with E-state index < -0.39 is 47.8 Å². The number of alkyl halides is 2. The Kier molecular flexibility index (Phi) is 7.92. The van der Waals surface area contributed by atoms with Crippen molar-refractivity contribution >= 4 is 23.4 Å². The van der Waals surface area contributed by atoms with E-state index >= 15 is 4.39 Å². The van der Waals surface area contributed by atoms with Crippen molar-refractivity contribution in [3.05, 3.63) is 47.5 Å². The summed E-state index contributed by atoms with van der Waals surface area (Å²) in [7, 11) is 0. The molecule has 1 unspecified atom stereocenters. The van der Waals surface area contributed by atoms with E-state index in [1.165, 1.54) is 12.1 Å². The molecule has 5 rings (SSSR count). The van der Waals surface area contributed by atoms with E-state index in [2.05, 4.69) is 15.7 Å². The molecule has 1 saturated heterocycles. The van der Waals surface area contributed by atoms with Crippen molar-refractivity contribution in [3.8, 4) is 0 Å². The second-order valence-corrected chi connectivity index (χ2v) is 11.7. The fourth-order valence-electron chi connectivity index (χ4n) is 5.78. The van der Waals surface area contributed by atoms with E-state index in [9.17, 15) is 23.2 Å². The molecule has 40 heavy (non-hydrogen) atoms. The van der Waals surface area contributed by atoms with E-state index in [0.29, 0.717) is 23.1 Å². The fraction of sp³-hybridized carbons (Fsp3) is 0.586. The summed E-state index contributed by atoms with van der Waals surface area (Å²) in [6.45, 7) is 4.72. The smallest absolute Gasteiger partial charge is 0.270 e. The third-order valence-electron chi connectivity index (χ3n) is 8.29. The van der Waals surface area contributed by atoms with Gasteiger partial charge in [0, 0.05) is 15.1 Å². The normalized spacial score (nSPS) is 22.4. The number of nitrogens with one attached hydrogen (secondary N) is 2. The highest BCUT2D eigenvalue weighted by molar-refractivity contribution is 6.01. The molecule has 0 bridgehead atoms. The highest BCUT2D eigenvalue weighted by atomic mass is 19.2. The second kappa shape index (κ2) is 11.2. The van der Waals surface area contributed by atoms with Crippen LogP contribution in [0.25, 0.3) is 0 Å². The zero-order valence-electron chi connectivity index (χ0n) is 22.9. The fourth-order valence-corrected chi connectivity index (χ4v) is 5.78. The highest BCUT2D eigenvalue weighted by Crippen LogP contribution is 2.51. The van der Waals surface area contributed by atoms with Crippen LogP contribution in [0.4, 0.5) is 18.9 Å². The average Bonchev–Trinajstić information content (AvgIpc) is 3.85. The average molecular weight is 564 g/mol. The lowest BCUT2D eigenvalue weighted by atomic mass is 9.88. The van der Waals surface area contributed by atoms with Gasteiger partial charge in [0.1, 0.15) is 17.6 Å². The maximum absolute atomic E-state index is 15.2. The van der Waals surface area contributed by atoms with Crippen LogP contribution in [0.3, 0.4) is 0 Å². The van der Waals surface area contributed by atoms with Crippen molar-refractivity contribution in [2.75, 3.05) is 18.4 Å². The molecule has 0 spiro atoms. The van der Waals surface area contributed by atoms with Gasteiger partial charge >= 0.3 is 0 Å². The SMILES string of the molecule is CC(C(=O)N1C[C@@H](F)[C@@H](F)C1)c1ccc(NC(=O)[C@@H](NC(=O)c2ccnn2C(C)C)C(C2CC2)C2CC2)c(F)c1.[HH].[HH]. The summed E-state index contributed by atoms with van der Waals surface area (Å²) in [6.07, 6.45) is 2.06.